The van der Waals surface area contributed by atoms with Crippen molar-refractivity contribution in [2.24, 2.45) is 0 Å². The first-order valence-corrected chi connectivity index (χ1v) is 10.7. The van der Waals surface area contributed by atoms with Crippen molar-refractivity contribution in [2.75, 3.05) is 13.1 Å². The van der Waals surface area contributed by atoms with E-state index in [9.17, 15) is 17.2 Å². The maximum atomic E-state index is 13.4. The first-order valence-electron chi connectivity index (χ1n) is 8.89. The first kappa shape index (κ1) is 19.9. The summed E-state index contributed by atoms with van der Waals surface area (Å²) in [6.07, 6.45) is 0.993. The van der Waals surface area contributed by atoms with Crippen molar-refractivity contribution in [3.63, 3.8) is 0 Å². The molecule has 0 atom stereocenters. The highest BCUT2D eigenvalue weighted by molar-refractivity contribution is 7.89. The molecule has 0 unspecified atom stereocenters. The first-order chi connectivity index (χ1) is 13.8. The third kappa shape index (κ3) is 4.03. The van der Waals surface area contributed by atoms with Crippen LogP contribution in [0.3, 0.4) is 0 Å². The van der Waals surface area contributed by atoms with Gasteiger partial charge in [-0.05, 0) is 49.2 Å². The maximum absolute atomic E-state index is 13.4. The number of hydrogen-bond acceptors (Lipinski definition) is 5. The molecule has 1 fully saturated rings. The molecule has 4 rings (SSSR count). The van der Waals surface area contributed by atoms with Gasteiger partial charge in [0.1, 0.15) is 11.6 Å². The summed E-state index contributed by atoms with van der Waals surface area (Å²) in [5.41, 5.74) is 0.483. The van der Waals surface area contributed by atoms with Gasteiger partial charge in [-0.25, -0.2) is 17.2 Å². The zero-order valence-electron chi connectivity index (χ0n) is 15.1. The standard InChI is InChI=1S/C19H16ClF2N3O3S/c20-16-11-15(4-5-17(16)22)29(26,27)25-8-6-12(7-9-25)18-23-19(28-24-18)13-2-1-3-14(21)10-13/h1-5,10-12H,6-9H2. The van der Waals surface area contributed by atoms with E-state index in [0.717, 1.165) is 12.1 Å². The van der Waals surface area contributed by atoms with Gasteiger partial charge < -0.3 is 4.52 Å². The second-order valence-corrected chi connectivity index (χ2v) is 9.07. The van der Waals surface area contributed by atoms with Crippen molar-refractivity contribution >= 4 is 21.6 Å². The van der Waals surface area contributed by atoms with Gasteiger partial charge >= 0.3 is 0 Å². The molecule has 1 aromatic heterocycles. The lowest BCUT2D eigenvalue weighted by Crippen LogP contribution is -2.38. The Labute approximate surface area is 171 Å². The van der Waals surface area contributed by atoms with Crippen LogP contribution in [0.1, 0.15) is 24.6 Å². The molecule has 0 aliphatic carbocycles. The molecular formula is C19H16ClF2N3O3S. The van der Waals surface area contributed by atoms with Crippen LogP contribution in [-0.2, 0) is 10.0 Å². The maximum Gasteiger partial charge on any atom is 0.258 e. The van der Waals surface area contributed by atoms with Crippen molar-refractivity contribution in [1.29, 1.82) is 0 Å². The molecule has 2 aromatic carbocycles. The summed E-state index contributed by atoms with van der Waals surface area (Å²) >= 11 is 5.72. The number of aromatic nitrogens is 2. The average molecular weight is 440 g/mol. The lowest BCUT2D eigenvalue weighted by Gasteiger charge is -2.29. The van der Waals surface area contributed by atoms with Gasteiger partial charge in [0.15, 0.2) is 5.82 Å². The number of hydrogen-bond donors (Lipinski definition) is 0. The number of halogens is 3. The molecule has 10 heteroatoms. The Morgan fingerprint density at radius 1 is 1.10 bits per heavy atom. The fourth-order valence-electron chi connectivity index (χ4n) is 3.28. The van der Waals surface area contributed by atoms with Gasteiger partial charge in [-0.3, -0.25) is 0 Å². The molecular weight excluding hydrogens is 424 g/mol. The van der Waals surface area contributed by atoms with Gasteiger partial charge in [0.05, 0.1) is 9.92 Å². The molecule has 152 valence electrons. The Kier molecular flexibility index (Phi) is 5.37. The molecule has 1 aliphatic rings. The summed E-state index contributed by atoms with van der Waals surface area (Å²) in [4.78, 5) is 4.29. The summed E-state index contributed by atoms with van der Waals surface area (Å²) in [5, 5.41) is 3.74. The molecule has 0 bridgehead atoms. The van der Waals surface area contributed by atoms with Crippen LogP contribution in [0, 0.1) is 11.6 Å². The number of nitrogens with zero attached hydrogens (tertiary/aromatic N) is 3. The van der Waals surface area contributed by atoms with Crippen molar-refractivity contribution < 1.29 is 21.7 Å². The highest BCUT2D eigenvalue weighted by atomic mass is 35.5. The van der Waals surface area contributed by atoms with E-state index < -0.39 is 21.7 Å². The second-order valence-electron chi connectivity index (χ2n) is 6.72. The van der Waals surface area contributed by atoms with Crippen LogP contribution in [-0.4, -0.2) is 36.0 Å². The Morgan fingerprint density at radius 3 is 2.55 bits per heavy atom. The molecule has 6 nitrogen and oxygen atoms in total. The van der Waals surface area contributed by atoms with Crippen LogP contribution in [0.15, 0.2) is 51.9 Å². The van der Waals surface area contributed by atoms with Crippen molar-refractivity contribution in [3.8, 4) is 11.5 Å². The van der Waals surface area contributed by atoms with E-state index >= 15 is 0 Å². The van der Waals surface area contributed by atoms with Crippen molar-refractivity contribution in [3.05, 3.63) is 64.9 Å². The fourth-order valence-corrected chi connectivity index (χ4v) is 5.02. The Morgan fingerprint density at radius 2 is 1.86 bits per heavy atom. The van der Waals surface area contributed by atoms with Gasteiger partial charge in [0.2, 0.25) is 10.0 Å². The minimum Gasteiger partial charge on any atom is -0.334 e. The minimum atomic E-state index is -3.77. The zero-order valence-corrected chi connectivity index (χ0v) is 16.6. The second kappa shape index (κ2) is 7.81. The topological polar surface area (TPSA) is 76.3 Å². The molecule has 0 saturated carbocycles. The summed E-state index contributed by atoms with van der Waals surface area (Å²) in [6, 6.07) is 9.21. The molecule has 29 heavy (non-hydrogen) atoms. The number of piperidine rings is 1. The quantitative estimate of drug-likeness (QED) is 0.607. The molecule has 0 spiro atoms. The van der Waals surface area contributed by atoms with E-state index in [1.54, 1.807) is 12.1 Å². The van der Waals surface area contributed by atoms with Crippen LogP contribution in [0.4, 0.5) is 8.78 Å². The minimum absolute atomic E-state index is 0.0460. The molecule has 0 radical (unpaired) electrons. The largest absolute Gasteiger partial charge is 0.334 e. The van der Waals surface area contributed by atoms with Crippen molar-refractivity contribution in [2.45, 2.75) is 23.7 Å². The third-order valence-corrected chi connectivity index (χ3v) is 7.05. The van der Waals surface area contributed by atoms with Crippen molar-refractivity contribution in [1.82, 2.24) is 14.4 Å². The van der Waals surface area contributed by atoms with Crippen LogP contribution in [0.5, 0.6) is 0 Å². The number of sulfonamides is 1. The SMILES string of the molecule is O=S(=O)(c1ccc(F)c(Cl)c1)N1CCC(c2noc(-c3cccc(F)c3)n2)CC1. The lowest BCUT2D eigenvalue weighted by atomic mass is 9.97. The predicted octanol–water partition coefficient (Wildman–Crippen LogP) is 4.24. The summed E-state index contributed by atoms with van der Waals surface area (Å²) < 4.78 is 58.8. The predicted molar refractivity (Wildman–Crippen MR) is 102 cm³/mol. The Balaban J connectivity index is 1.46. The van der Waals surface area contributed by atoms with E-state index in [1.165, 1.54) is 22.5 Å². The van der Waals surface area contributed by atoms with E-state index in [2.05, 4.69) is 10.1 Å². The van der Waals surface area contributed by atoms with Crippen LogP contribution >= 0.6 is 11.6 Å². The number of benzene rings is 2. The van der Waals surface area contributed by atoms with E-state index in [0.29, 0.717) is 24.2 Å². The fraction of sp³-hybridized carbons (Fsp3) is 0.263. The van der Waals surface area contributed by atoms with Gasteiger partial charge in [-0.1, -0.05) is 22.8 Å². The summed E-state index contributed by atoms with van der Waals surface area (Å²) in [7, 11) is -3.77. The van der Waals surface area contributed by atoms with E-state index in [-0.39, 0.29) is 34.8 Å². The average Bonchev–Trinajstić information content (AvgIpc) is 3.20. The molecule has 1 saturated heterocycles. The van der Waals surface area contributed by atoms with Gasteiger partial charge in [-0.15, -0.1) is 0 Å². The molecule has 1 aliphatic heterocycles. The molecule has 2 heterocycles. The third-order valence-electron chi connectivity index (χ3n) is 4.86. The normalized spacial score (nSPS) is 16.2. The van der Waals surface area contributed by atoms with E-state index in [1.807, 2.05) is 0 Å². The van der Waals surface area contributed by atoms with Crippen LogP contribution in [0.25, 0.3) is 11.5 Å². The highest BCUT2D eigenvalue weighted by Crippen LogP contribution is 2.31. The highest BCUT2D eigenvalue weighted by Gasteiger charge is 2.32. The van der Waals surface area contributed by atoms with Gasteiger partial charge in [0, 0.05) is 24.6 Å². The summed E-state index contributed by atoms with van der Waals surface area (Å²) in [5.74, 6) is -0.469. The zero-order chi connectivity index (χ0) is 20.6. The summed E-state index contributed by atoms with van der Waals surface area (Å²) in [6.45, 7) is 0.512. The monoisotopic (exact) mass is 439 g/mol. The Hall–Kier alpha value is -2.36. The molecule has 3 aromatic rings. The van der Waals surface area contributed by atoms with E-state index in [4.69, 9.17) is 16.1 Å². The molecule has 0 N–H and O–H groups in total. The molecule has 0 amide bonds. The number of rotatable bonds is 4. The van der Waals surface area contributed by atoms with Crippen LogP contribution in [0.2, 0.25) is 5.02 Å². The Bertz CT molecular complexity index is 1150. The van der Waals surface area contributed by atoms with Gasteiger partial charge in [-0.2, -0.15) is 9.29 Å². The van der Waals surface area contributed by atoms with Gasteiger partial charge in [0.25, 0.3) is 5.89 Å². The smallest absolute Gasteiger partial charge is 0.258 e. The van der Waals surface area contributed by atoms with Crippen LogP contribution < -0.4 is 0 Å². The lowest BCUT2D eigenvalue weighted by molar-refractivity contribution is 0.307.